The third-order valence-electron chi connectivity index (χ3n) is 7.53. The van der Waals surface area contributed by atoms with E-state index < -0.39 is 0 Å². The van der Waals surface area contributed by atoms with E-state index in [1.165, 1.54) is 11.6 Å². The van der Waals surface area contributed by atoms with E-state index in [4.69, 9.17) is 6.42 Å². The lowest BCUT2D eigenvalue weighted by Gasteiger charge is -2.21. The first-order valence-electron chi connectivity index (χ1n) is 11.3. The van der Waals surface area contributed by atoms with Crippen molar-refractivity contribution in [2.75, 3.05) is 5.32 Å². The van der Waals surface area contributed by atoms with E-state index in [0.717, 1.165) is 36.6 Å². The summed E-state index contributed by atoms with van der Waals surface area (Å²) in [6.45, 7) is 2.03. The Hall–Kier alpha value is -3.26. The van der Waals surface area contributed by atoms with Gasteiger partial charge in [0.15, 0.2) is 0 Å². The molecule has 0 bridgehead atoms. The van der Waals surface area contributed by atoms with Crippen LogP contribution in [0.1, 0.15) is 49.8 Å². The van der Waals surface area contributed by atoms with E-state index >= 15 is 0 Å². The van der Waals surface area contributed by atoms with Crippen LogP contribution in [0.2, 0.25) is 0 Å². The van der Waals surface area contributed by atoms with E-state index in [9.17, 15) is 9.18 Å². The van der Waals surface area contributed by atoms with Gasteiger partial charge in [-0.15, -0.1) is 6.42 Å². The second-order valence-electron chi connectivity index (χ2n) is 9.34. The molecule has 3 aromatic rings. The molecule has 1 aromatic carbocycles. The number of anilines is 1. The molecule has 2 unspecified atom stereocenters. The minimum Gasteiger partial charge on any atom is -0.324 e. The van der Waals surface area contributed by atoms with Gasteiger partial charge in [-0.05, 0) is 91.3 Å². The Morgan fingerprint density at radius 3 is 2.59 bits per heavy atom. The summed E-state index contributed by atoms with van der Waals surface area (Å²) in [6, 6.07) is 10.4. The first-order chi connectivity index (χ1) is 15.5. The Labute approximate surface area is 187 Å². The molecule has 0 saturated heterocycles. The van der Waals surface area contributed by atoms with Crippen molar-refractivity contribution in [3.05, 3.63) is 65.9 Å². The number of fused-ring (bicyclic) bond motifs is 2. The molecule has 2 heterocycles. The van der Waals surface area contributed by atoms with Crippen molar-refractivity contribution in [2.24, 2.45) is 23.7 Å². The van der Waals surface area contributed by atoms with Gasteiger partial charge in [-0.3, -0.25) is 9.78 Å². The molecule has 5 atom stereocenters. The maximum absolute atomic E-state index is 13.9. The Kier molecular flexibility index (Phi) is 5.38. The molecule has 2 aromatic heterocycles. The predicted molar refractivity (Wildman–Crippen MR) is 123 cm³/mol. The zero-order chi connectivity index (χ0) is 22.2. The number of halogens is 1. The highest BCUT2D eigenvalue weighted by Crippen LogP contribution is 2.54. The van der Waals surface area contributed by atoms with E-state index in [0.29, 0.717) is 35.1 Å². The number of hydrogen-bond acceptors (Lipinski definition) is 3. The molecular formula is C27H26FN3O. The van der Waals surface area contributed by atoms with Crippen molar-refractivity contribution in [3.63, 3.8) is 0 Å². The lowest BCUT2D eigenvalue weighted by molar-refractivity contribution is -0.120. The highest BCUT2D eigenvalue weighted by Gasteiger charge is 2.44. The summed E-state index contributed by atoms with van der Waals surface area (Å²) in [4.78, 5) is 21.4. The molecular weight excluding hydrogens is 401 g/mol. The number of pyridine rings is 2. The summed E-state index contributed by atoms with van der Waals surface area (Å²) < 4.78 is 13.9. The molecule has 0 radical (unpaired) electrons. The van der Waals surface area contributed by atoms with Crippen LogP contribution in [0.25, 0.3) is 10.9 Å². The van der Waals surface area contributed by atoms with Crippen molar-refractivity contribution < 1.29 is 9.18 Å². The average molecular weight is 428 g/mol. The number of carbonyl (C=O) groups is 1. The van der Waals surface area contributed by atoms with Crippen molar-refractivity contribution in [1.82, 2.24) is 9.97 Å². The molecule has 2 fully saturated rings. The molecule has 162 valence electrons. The minimum absolute atomic E-state index is 0.0392. The molecule has 4 nitrogen and oxygen atoms in total. The fourth-order valence-electron chi connectivity index (χ4n) is 5.84. The molecule has 5 rings (SSSR count). The number of carbonyl (C=O) groups excluding carboxylic acids is 1. The first kappa shape index (κ1) is 20.6. The topological polar surface area (TPSA) is 54.9 Å². The second kappa shape index (κ2) is 8.35. The van der Waals surface area contributed by atoms with Crippen molar-refractivity contribution in [3.8, 4) is 12.3 Å². The predicted octanol–water partition coefficient (Wildman–Crippen LogP) is 5.54. The van der Waals surface area contributed by atoms with Crippen LogP contribution in [0.5, 0.6) is 0 Å². The van der Waals surface area contributed by atoms with Crippen molar-refractivity contribution in [1.29, 1.82) is 0 Å². The van der Waals surface area contributed by atoms with Gasteiger partial charge in [0, 0.05) is 17.5 Å². The van der Waals surface area contributed by atoms with Crippen LogP contribution in [-0.4, -0.2) is 15.9 Å². The minimum atomic E-state index is -0.214. The number of amides is 1. The van der Waals surface area contributed by atoms with Crippen LogP contribution in [0.15, 0.2) is 48.8 Å². The summed E-state index contributed by atoms with van der Waals surface area (Å²) in [5.74, 6) is 4.31. The molecule has 1 N–H and O–H groups in total. The number of terminal acetylenes is 1. The summed E-state index contributed by atoms with van der Waals surface area (Å²) in [5, 5.41) is 3.92. The molecule has 0 aliphatic heterocycles. The quantitative estimate of drug-likeness (QED) is 0.556. The van der Waals surface area contributed by atoms with E-state index in [2.05, 4.69) is 27.3 Å². The first-order valence-corrected chi connectivity index (χ1v) is 11.3. The molecule has 2 aliphatic rings. The van der Waals surface area contributed by atoms with Crippen molar-refractivity contribution >= 4 is 22.5 Å². The van der Waals surface area contributed by atoms with Crippen LogP contribution < -0.4 is 5.32 Å². The standard InChI is InChI=1S/C27H26FN3O/c1-3-22-5-6-23(15-30-22)31-27(32)16(2)17-10-18-12-20(13-19(18)11-17)24-8-9-29-26-7-4-21(28)14-25(24)26/h1,4-9,14-20H,10-13H2,2H3,(H,31,32)/t16?,17-,18-,19+,20?. The maximum Gasteiger partial charge on any atom is 0.227 e. The van der Waals surface area contributed by atoms with E-state index in [1.807, 2.05) is 13.1 Å². The van der Waals surface area contributed by atoms with Gasteiger partial charge in [0.25, 0.3) is 0 Å². The highest BCUT2D eigenvalue weighted by molar-refractivity contribution is 5.92. The van der Waals surface area contributed by atoms with Gasteiger partial charge in [0.1, 0.15) is 11.5 Å². The third-order valence-corrected chi connectivity index (χ3v) is 7.53. The Balaban J connectivity index is 1.23. The van der Waals surface area contributed by atoms with Gasteiger partial charge in [0.05, 0.1) is 17.4 Å². The van der Waals surface area contributed by atoms with Gasteiger partial charge in [-0.1, -0.05) is 12.8 Å². The molecule has 1 amide bonds. The molecule has 2 aliphatic carbocycles. The van der Waals surface area contributed by atoms with E-state index in [1.54, 1.807) is 30.5 Å². The Morgan fingerprint density at radius 2 is 1.91 bits per heavy atom. The summed E-state index contributed by atoms with van der Waals surface area (Å²) >= 11 is 0. The van der Waals surface area contributed by atoms with Gasteiger partial charge >= 0.3 is 0 Å². The number of rotatable bonds is 4. The maximum atomic E-state index is 13.9. The summed E-state index contributed by atoms with van der Waals surface area (Å²) in [5.41, 5.74) is 3.30. The number of hydrogen-bond donors (Lipinski definition) is 1. The monoisotopic (exact) mass is 427 g/mol. The fraction of sp³-hybridized carbons (Fsp3) is 0.370. The van der Waals surface area contributed by atoms with Gasteiger partial charge in [-0.2, -0.15) is 0 Å². The SMILES string of the molecule is C#Cc1ccc(NC(=O)C(C)[C@H]2C[C@H]3CC(c4ccnc5ccc(F)cc45)C[C@H]3C2)cn1. The van der Waals surface area contributed by atoms with Crippen LogP contribution in [0, 0.1) is 41.8 Å². The number of nitrogens with zero attached hydrogens (tertiary/aromatic N) is 2. The smallest absolute Gasteiger partial charge is 0.227 e. The molecule has 32 heavy (non-hydrogen) atoms. The molecule has 0 spiro atoms. The Morgan fingerprint density at radius 1 is 1.12 bits per heavy atom. The van der Waals surface area contributed by atoms with Gasteiger partial charge in [-0.25, -0.2) is 9.37 Å². The lowest BCUT2D eigenvalue weighted by Crippen LogP contribution is -2.26. The Bertz CT molecular complexity index is 1190. The highest BCUT2D eigenvalue weighted by atomic mass is 19.1. The van der Waals surface area contributed by atoms with Crippen LogP contribution >= 0.6 is 0 Å². The molecule has 5 heteroatoms. The number of aromatic nitrogens is 2. The summed E-state index contributed by atoms with van der Waals surface area (Å²) in [7, 11) is 0. The number of nitrogens with one attached hydrogen (secondary N) is 1. The van der Waals surface area contributed by atoms with Crippen LogP contribution in [0.4, 0.5) is 10.1 Å². The second-order valence-corrected chi connectivity index (χ2v) is 9.34. The lowest BCUT2D eigenvalue weighted by atomic mass is 9.86. The third kappa shape index (κ3) is 3.86. The fourth-order valence-corrected chi connectivity index (χ4v) is 5.84. The van der Waals surface area contributed by atoms with Crippen LogP contribution in [-0.2, 0) is 4.79 Å². The summed E-state index contributed by atoms with van der Waals surface area (Å²) in [6.07, 6.45) is 13.1. The zero-order valence-electron chi connectivity index (χ0n) is 18.1. The van der Waals surface area contributed by atoms with Gasteiger partial charge < -0.3 is 5.32 Å². The van der Waals surface area contributed by atoms with E-state index in [-0.39, 0.29) is 17.6 Å². The number of benzene rings is 1. The molecule has 2 saturated carbocycles. The zero-order valence-corrected chi connectivity index (χ0v) is 18.1. The largest absolute Gasteiger partial charge is 0.324 e. The normalized spacial score (nSPS) is 25.3. The average Bonchev–Trinajstić information content (AvgIpc) is 3.38. The van der Waals surface area contributed by atoms with Crippen molar-refractivity contribution in [2.45, 2.75) is 38.5 Å². The van der Waals surface area contributed by atoms with Gasteiger partial charge in [0.2, 0.25) is 5.91 Å². The van der Waals surface area contributed by atoms with Crippen LogP contribution in [0.3, 0.4) is 0 Å².